The number of nitrogens with two attached hydrogens (primary N) is 1. The maximum absolute atomic E-state index is 13.3. The van der Waals surface area contributed by atoms with Crippen LogP contribution in [-0.4, -0.2) is 11.1 Å². The first kappa shape index (κ1) is 17.7. The van der Waals surface area contributed by atoms with Crippen LogP contribution in [-0.2, 0) is 6.54 Å². The standard InChI is InChI=1S/C20H19ClFNO2/c1-13(20(24)14-5-3-2-4-6-14)23-12-16-8-10-19(25-16)15-7-9-18(22)17(21)11-15/h2-11,13,20,23-24H,12H2,1H3/p+1/t13-,20-/m1/s1. The number of quaternary nitrogens is 1. The van der Waals surface area contributed by atoms with E-state index >= 15 is 0 Å². The predicted molar refractivity (Wildman–Crippen MR) is 95.6 cm³/mol. The smallest absolute Gasteiger partial charge is 0.158 e. The van der Waals surface area contributed by atoms with E-state index in [2.05, 4.69) is 0 Å². The first-order chi connectivity index (χ1) is 12.0. The minimum absolute atomic E-state index is 0.0174. The number of furan rings is 1. The average molecular weight is 361 g/mol. The first-order valence-corrected chi connectivity index (χ1v) is 8.53. The van der Waals surface area contributed by atoms with Gasteiger partial charge in [-0.2, -0.15) is 0 Å². The molecule has 0 bridgehead atoms. The zero-order valence-electron chi connectivity index (χ0n) is 13.8. The monoisotopic (exact) mass is 360 g/mol. The molecule has 3 N–H and O–H groups in total. The van der Waals surface area contributed by atoms with Gasteiger partial charge >= 0.3 is 0 Å². The molecule has 0 aliphatic heterocycles. The van der Waals surface area contributed by atoms with Crippen molar-refractivity contribution in [2.24, 2.45) is 0 Å². The van der Waals surface area contributed by atoms with E-state index < -0.39 is 11.9 Å². The highest BCUT2D eigenvalue weighted by molar-refractivity contribution is 6.31. The van der Waals surface area contributed by atoms with E-state index in [1.54, 1.807) is 12.1 Å². The van der Waals surface area contributed by atoms with E-state index in [4.69, 9.17) is 16.0 Å². The van der Waals surface area contributed by atoms with Crippen LogP contribution in [0.3, 0.4) is 0 Å². The number of benzene rings is 2. The van der Waals surface area contributed by atoms with Gasteiger partial charge in [-0.25, -0.2) is 4.39 Å². The molecule has 3 nitrogen and oxygen atoms in total. The van der Waals surface area contributed by atoms with Crippen LogP contribution in [0.5, 0.6) is 0 Å². The van der Waals surface area contributed by atoms with Crippen molar-refractivity contribution in [2.75, 3.05) is 0 Å². The van der Waals surface area contributed by atoms with Gasteiger partial charge in [-0.1, -0.05) is 41.9 Å². The highest BCUT2D eigenvalue weighted by Gasteiger charge is 2.19. The number of rotatable bonds is 6. The van der Waals surface area contributed by atoms with Gasteiger partial charge in [-0.15, -0.1) is 0 Å². The lowest BCUT2D eigenvalue weighted by Crippen LogP contribution is -2.88. The maximum Gasteiger partial charge on any atom is 0.158 e. The molecular weight excluding hydrogens is 341 g/mol. The fourth-order valence-corrected chi connectivity index (χ4v) is 2.86. The molecule has 0 saturated carbocycles. The van der Waals surface area contributed by atoms with Gasteiger partial charge in [0.15, 0.2) is 5.76 Å². The van der Waals surface area contributed by atoms with Crippen molar-refractivity contribution in [3.8, 4) is 11.3 Å². The molecule has 130 valence electrons. The van der Waals surface area contributed by atoms with Crippen molar-refractivity contribution >= 4 is 11.6 Å². The molecule has 0 aliphatic carbocycles. The molecule has 0 radical (unpaired) electrons. The molecule has 0 spiro atoms. The van der Waals surface area contributed by atoms with Crippen molar-refractivity contribution in [1.82, 2.24) is 0 Å². The molecule has 2 aromatic carbocycles. The lowest BCUT2D eigenvalue weighted by molar-refractivity contribution is -0.710. The van der Waals surface area contributed by atoms with Gasteiger partial charge in [0.2, 0.25) is 0 Å². The van der Waals surface area contributed by atoms with Crippen LogP contribution < -0.4 is 5.32 Å². The number of hydrogen-bond acceptors (Lipinski definition) is 2. The van der Waals surface area contributed by atoms with E-state index in [0.29, 0.717) is 12.3 Å². The van der Waals surface area contributed by atoms with Gasteiger partial charge < -0.3 is 14.8 Å². The quantitative estimate of drug-likeness (QED) is 0.700. The fourth-order valence-electron chi connectivity index (χ4n) is 2.68. The van der Waals surface area contributed by atoms with Gasteiger partial charge in [0, 0.05) is 5.56 Å². The largest absolute Gasteiger partial charge is 0.455 e. The van der Waals surface area contributed by atoms with E-state index in [1.807, 2.05) is 54.7 Å². The normalized spacial score (nSPS) is 13.6. The molecule has 5 heteroatoms. The zero-order valence-corrected chi connectivity index (χ0v) is 14.6. The SMILES string of the molecule is C[C@@H]([NH2+]Cc1ccc(-c2ccc(F)c(Cl)c2)o1)[C@@H](O)c1ccccc1. The average Bonchev–Trinajstić information content (AvgIpc) is 3.11. The Labute approximate surface area is 151 Å². The van der Waals surface area contributed by atoms with Crippen LogP contribution in [0.1, 0.15) is 24.4 Å². The molecule has 0 aliphatic rings. The minimum Gasteiger partial charge on any atom is -0.455 e. The van der Waals surface area contributed by atoms with Crippen LogP contribution in [0.25, 0.3) is 11.3 Å². The lowest BCUT2D eigenvalue weighted by Gasteiger charge is -2.17. The van der Waals surface area contributed by atoms with Gasteiger partial charge in [-0.05, 0) is 42.8 Å². The van der Waals surface area contributed by atoms with Crippen LogP contribution in [0.15, 0.2) is 65.1 Å². The second-order valence-corrected chi connectivity index (χ2v) is 6.46. The van der Waals surface area contributed by atoms with Crippen LogP contribution in [0.2, 0.25) is 5.02 Å². The number of aliphatic hydroxyl groups excluding tert-OH is 1. The molecule has 3 rings (SSSR count). The van der Waals surface area contributed by atoms with Gasteiger partial charge in [0.1, 0.15) is 30.3 Å². The third-order valence-electron chi connectivity index (χ3n) is 4.20. The Bertz CT molecular complexity index is 835. The second kappa shape index (κ2) is 7.83. The van der Waals surface area contributed by atoms with E-state index in [-0.39, 0.29) is 11.1 Å². The molecule has 0 amide bonds. The molecule has 0 saturated heterocycles. The summed E-state index contributed by atoms with van der Waals surface area (Å²) in [6, 6.07) is 17.8. The van der Waals surface area contributed by atoms with E-state index in [1.165, 1.54) is 6.07 Å². The fraction of sp³-hybridized carbons (Fsp3) is 0.200. The molecule has 0 unspecified atom stereocenters. The van der Waals surface area contributed by atoms with Crippen molar-refractivity contribution < 1.29 is 19.2 Å². The Morgan fingerprint density at radius 3 is 2.60 bits per heavy atom. The summed E-state index contributed by atoms with van der Waals surface area (Å²) in [5.74, 6) is 0.971. The van der Waals surface area contributed by atoms with Crippen molar-refractivity contribution in [3.05, 3.63) is 82.8 Å². The predicted octanol–water partition coefficient (Wildman–Crippen LogP) is 3.92. The summed E-state index contributed by atoms with van der Waals surface area (Å²) in [4.78, 5) is 0. The summed E-state index contributed by atoms with van der Waals surface area (Å²) in [5.41, 5.74) is 1.63. The Hall–Kier alpha value is -2.14. The Morgan fingerprint density at radius 1 is 1.12 bits per heavy atom. The highest BCUT2D eigenvalue weighted by atomic mass is 35.5. The Morgan fingerprint density at radius 2 is 1.88 bits per heavy atom. The van der Waals surface area contributed by atoms with Gasteiger partial charge in [0.25, 0.3) is 0 Å². The summed E-state index contributed by atoms with van der Waals surface area (Å²) in [5, 5.41) is 12.5. The Kier molecular flexibility index (Phi) is 5.53. The number of hydrogen-bond donors (Lipinski definition) is 2. The molecule has 1 aromatic heterocycles. The summed E-state index contributed by atoms with van der Waals surface area (Å²) >= 11 is 5.82. The van der Waals surface area contributed by atoms with Crippen molar-refractivity contribution in [2.45, 2.75) is 25.6 Å². The molecular formula is C20H20ClFNO2+. The summed E-state index contributed by atoms with van der Waals surface area (Å²) < 4.78 is 19.1. The third-order valence-corrected chi connectivity index (χ3v) is 4.49. The molecule has 25 heavy (non-hydrogen) atoms. The number of aliphatic hydroxyl groups is 1. The highest BCUT2D eigenvalue weighted by Crippen LogP contribution is 2.26. The summed E-state index contributed by atoms with van der Waals surface area (Å²) in [6.07, 6.45) is -0.550. The van der Waals surface area contributed by atoms with Crippen LogP contribution >= 0.6 is 11.6 Å². The van der Waals surface area contributed by atoms with E-state index in [0.717, 1.165) is 16.9 Å². The number of halogens is 2. The molecule has 0 fully saturated rings. The van der Waals surface area contributed by atoms with Gasteiger partial charge in [-0.3, -0.25) is 0 Å². The zero-order chi connectivity index (χ0) is 17.8. The first-order valence-electron chi connectivity index (χ1n) is 8.15. The van der Waals surface area contributed by atoms with Crippen LogP contribution in [0.4, 0.5) is 4.39 Å². The lowest BCUT2D eigenvalue weighted by atomic mass is 10.0. The second-order valence-electron chi connectivity index (χ2n) is 6.05. The molecule has 1 heterocycles. The summed E-state index contributed by atoms with van der Waals surface area (Å²) in [6.45, 7) is 2.57. The minimum atomic E-state index is -0.550. The van der Waals surface area contributed by atoms with Gasteiger partial charge in [0.05, 0.1) is 5.02 Å². The topological polar surface area (TPSA) is 50.0 Å². The Balaban J connectivity index is 1.62. The maximum atomic E-state index is 13.3. The summed E-state index contributed by atoms with van der Waals surface area (Å²) in [7, 11) is 0. The molecule has 3 aromatic rings. The molecule has 2 atom stereocenters. The van der Waals surface area contributed by atoms with E-state index in [9.17, 15) is 9.50 Å². The third kappa shape index (κ3) is 4.28. The van der Waals surface area contributed by atoms with Crippen molar-refractivity contribution in [3.63, 3.8) is 0 Å². The van der Waals surface area contributed by atoms with Crippen LogP contribution in [0, 0.1) is 5.82 Å². The van der Waals surface area contributed by atoms with Crippen molar-refractivity contribution in [1.29, 1.82) is 0 Å².